The van der Waals surface area contributed by atoms with E-state index in [9.17, 15) is 4.79 Å². The van der Waals surface area contributed by atoms with Gasteiger partial charge in [-0.3, -0.25) is 4.79 Å². The predicted octanol–water partition coefficient (Wildman–Crippen LogP) is 1.88. The zero-order valence-corrected chi connectivity index (χ0v) is 13.6. The summed E-state index contributed by atoms with van der Waals surface area (Å²) < 4.78 is 0. The Bertz CT molecular complexity index is 467. The molecule has 1 aliphatic rings. The third-order valence-electron chi connectivity index (χ3n) is 4.27. The zero-order chi connectivity index (χ0) is 15.9. The number of nitrogens with one attached hydrogen (secondary N) is 1. The minimum atomic E-state index is 0.0956. The van der Waals surface area contributed by atoms with E-state index < -0.39 is 0 Å². The highest BCUT2D eigenvalue weighted by Crippen LogP contribution is 2.22. The monoisotopic (exact) mass is 305 g/mol. The molecule has 2 N–H and O–H groups in total. The Morgan fingerprint density at radius 3 is 2.77 bits per heavy atom. The largest absolute Gasteiger partial charge is 0.396 e. The molecule has 0 aliphatic carbocycles. The molecule has 5 nitrogen and oxygen atoms in total. The van der Waals surface area contributed by atoms with Crippen LogP contribution in [0.2, 0.25) is 0 Å². The number of hydrogen-bond donors (Lipinski definition) is 2. The lowest BCUT2D eigenvalue weighted by molar-refractivity contribution is -0.126. The van der Waals surface area contributed by atoms with E-state index in [-0.39, 0.29) is 24.5 Å². The minimum absolute atomic E-state index is 0.0956. The van der Waals surface area contributed by atoms with E-state index in [4.69, 9.17) is 5.11 Å². The molecule has 1 aromatic heterocycles. The van der Waals surface area contributed by atoms with Crippen molar-refractivity contribution in [2.45, 2.75) is 45.6 Å². The van der Waals surface area contributed by atoms with Gasteiger partial charge < -0.3 is 15.3 Å². The lowest BCUT2D eigenvalue weighted by Gasteiger charge is -2.32. The maximum absolute atomic E-state index is 12.3. The molecule has 1 atom stereocenters. The molecule has 22 heavy (non-hydrogen) atoms. The third kappa shape index (κ3) is 4.70. The summed E-state index contributed by atoms with van der Waals surface area (Å²) in [5, 5.41) is 11.9. The fraction of sp³-hybridized carbons (Fsp3) is 0.647. The summed E-state index contributed by atoms with van der Waals surface area (Å²) in [6.07, 6.45) is 5.19. The third-order valence-corrected chi connectivity index (χ3v) is 4.27. The topological polar surface area (TPSA) is 65.5 Å². The summed E-state index contributed by atoms with van der Waals surface area (Å²) in [4.78, 5) is 19.0. The van der Waals surface area contributed by atoms with E-state index >= 15 is 0 Å². The van der Waals surface area contributed by atoms with Gasteiger partial charge in [0.15, 0.2) is 0 Å². The summed E-state index contributed by atoms with van der Waals surface area (Å²) in [6.45, 7) is 5.96. The second-order valence-electron chi connectivity index (χ2n) is 6.23. The second-order valence-corrected chi connectivity index (χ2v) is 6.23. The van der Waals surface area contributed by atoms with Gasteiger partial charge in [-0.1, -0.05) is 6.07 Å². The predicted molar refractivity (Wildman–Crippen MR) is 87.8 cm³/mol. The Balaban J connectivity index is 1.79. The number of amides is 1. The van der Waals surface area contributed by atoms with Gasteiger partial charge in [0.1, 0.15) is 5.82 Å². The summed E-state index contributed by atoms with van der Waals surface area (Å²) in [5.41, 5.74) is 1.16. The number of pyridine rings is 1. The van der Waals surface area contributed by atoms with Crippen LogP contribution in [0, 0.1) is 12.8 Å². The molecule has 5 heteroatoms. The molecule has 1 saturated heterocycles. The number of aliphatic hydroxyl groups excluding tert-OH is 1. The van der Waals surface area contributed by atoms with Gasteiger partial charge in [0.25, 0.3) is 0 Å². The molecule has 2 rings (SSSR count). The first-order valence-electron chi connectivity index (χ1n) is 8.19. The summed E-state index contributed by atoms with van der Waals surface area (Å²) in [5.74, 6) is 1.25. The first kappa shape index (κ1) is 16.7. The lowest BCUT2D eigenvalue weighted by atomic mass is 9.95. The molecular weight excluding hydrogens is 278 g/mol. The maximum atomic E-state index is 12.3. The van der Waals surface area contributed by atoms with Crippen LogP contribution < -0.4 is 10.2 Å². The van der Waals surface area contributed by atoms with Crippen LogP contribution in [0.3, 0.4) is 0 Å². The smallest absolute Gasteiger partial charge is 0.223 e. The Labute approximate surface area is 132 Å². The molecule has 1 aromatic rings. The van der Waals surface area contributed by atoms with Crippen LogP contribution in [0.1, 0.15) is 38.2 Å². The maximum Gasteiger partial charge on any atom is 0.223 e. The van der Waals surface area contributed by atoms with E-state index in [0.717, 1.165) is 50.2 Å². The van der Waals surface area contributed by atoms with Gasteiger partial charge in [-0.15, -0.1) is 0 Å². The summed E-state index contributed by atoms with van der Waals surface area (Å²) in [7, 11) is 0. The Hall–Kier alpha value is -1.62. The highest BCUT2D eigenvalue weighted by molar-refractivity contribution is 5.79. The SMILES string of the molecule is Cc1ccc(N2CCC(C(=O)NC(C)CCCO)CC2)nc1. The van der Waals surface area contributed by atoms with Crippen molar-refractivity contribution in [3.63, 3.8) is 0 Å². The van der Waals surface area contributed by atoms with Gasteiger partial charge in [0, 0.05) is 37.9 Å². The summed E-state index contributed by atoms with van der Waals surface area (Å²) in [6, 6.07) is 4.26. The first-order valence-corrected chi connectivity index (χ1v) is 8.19. The average molecular weight is 305 g/mol. The Morgan fingerprint density at radius 1 is 1.45 bits per heavy atom. The number of piperidine rings is 1. The van der Waals surface area contributed by atoms with Crippen LogP contribution in [0.25, 0.3) is 0 Å². The number of nitrogens with zero attached hydrogens (tertiary/aromatic N) is 2. The molecule has 0 spiro atoms. The van der Waals surface area contributed by atoms with E-state index in [2.05, 4.69) is 21.3 Å². The van der Waals surface area contributed by atoms with E-state index in [1.54, 1.807) is 0 Å². The first-order chi connectivity index (χ1) is 10.6. The normalized spacial score (nSPS) is 17.3. The van der Waals surface area contributed by atoms with Crippen LogP contribution in [-0.4, -0.2) is 41.7 Å². The number of anilines is 1. The number of hydrogen-bond acceptors (Lipinski definition) is 4. The van der Waals surface area contributed by atoms with Crippen LogP contribution in [0.4, 0.5) is 5.82 Å². The van der Waals surface area contributed by atoms with Crippen molar-refractivity contribution in [3.05, 3.63) is 23.9 Å². The van der Waals surface area contributed by atoms with Crippen molar-refractivity contribution >= 4 is 11.7 Å². The van der Waals surface area contributed by atoms with Crippen LogP contribution in [0.15, 0.2) is 18.3 Å². The number of rotatable bonds is 6. The van der Waals surface area contributed by atoms with Gasteiger partial charge in [0.2, 0.25) is 5.91 Å². The standard InChI is InChI=1S/C17H27N3O2/c1-13-5-6-16(18-12-13)20-9-7-15(8-10-20)17(22)19-14(2)4-3-11-21/h5-6,12,14-15,21H,3-4,7-11H2,1-2H3,(H,19,22). The van der Waals surface area contributed by atoms with E-state index in [1.807, 2.05) is 26.1 Å². The summed E-state index contributed by atoms with van der Waals surface area (Å²) >= 11 is 0. The van der Waals surface area contributed by atoms with Gasteiger partial charge in [-0.2, -0.15) is 0 Å². The fourth-order valence-corrected chi connectivity index (χ4v) is 2.85. The van der Waals surface area contributed by atoms with Gasteiger partial charge >= 0.3 is 0 Å². The lowest BCUT2D eigenvalue weighted by Crippen LogP contribution is -2.43. The highest BCUT2D eigenvalue weighted by atomic mass is 16.3. The van der Waals surface area contributed by atoms with Crippen molar-refractivity contribution in [1.29, 1.82) is 0 Å². The zero-order valence-electron chi connectivity index (χ0n) is 13.6. The minimum Gasteiger partial charge on any atom is -0.396 e. The van der Waals surface area contributed by atoms with Crippen molar-refractivity contribution in [1.82, 2.24) is 10.3 Å². The van der Waals surface area contributed by atoms with Crippen molar-refractivity contribution in [3.8, 4) is 0 Å². The van der Waals surface area contributed by atoms with Gasteiger partial charge in [-0.05, 0) is 51.2 Å². The molecule has 2 heterocycles. The molecule has 0 saturated carbocycles. The quantitative estimate of drug-likeness (QED) is 0.842. The highest BCUT2D eigenvalue weighted by Gasteiger charge is 2.26. The molecule has 1 aliphatic heterocycles. The molecular formula is C17H27N3O2. The van der Waals surface area contributed by atoms with Crippen molar-refractivity contribution in [2.75, 3.05) is 24.6 Å². The molecule has 0 aromatic carbocycles. The molecule has 1 fully saturated rings. The number of carbonyl (C=O) groups excluding carboxylic acids is 1. The van der Waals surface area contributed by atoms with Crippen LogP contribution >= 0.6 is 0 Å². The van der Waals surface area contributed by atoms with Gasteiger partial charge in [-0.25, -0.2) is 4.98 Å². The molecule has 0 radical (unpaired) electrons. The number of aryl methyl sites for hydroxylation is 1. The molecule has 0 bridgehead atoms. The Morgan fingerprint density at radius 2 is 2.18 bits per heavy atom. The number of aromatic nitrogens is 1. The second kappa shape index (κ2) is 8.13. The fourth-order valence-electron chi connectivity index (χ4n) is 2.85. The molecule has 1 amide bonds. The van der Waals surface area contributed by atoms with E-state index in [0.29, 0.717) is 0 Å². The van der Waals surface area contributed by atoms with Crippen molar-refractivity contribution < 1.29 is 9.90 Å². The van der Waals surface area contributed by atoms with Crippen LogP contribution in [-0.2, 0) is 4.79 Å². The van der Waals surface area contributed by atoms with E-state index in [1.165, 1.54) is 0 Å². The molecule has 122 valence electrons. The number of aliphatic hydroxyl groups is 1. The van der Waals surface area contributed by atoms with Gasteiger partial charge in [0.05, 0.1) is 0 Å². The Kier molecular flexibility index (Phi) is 6.19. The van der Waals surface area contributed by atoms with Crippen LogP contribution in [0.5, 0.6) is 0 Å². The average Bonchev–Trinajstić information content (AvgIpc) is 2.54. The number of carbonyl (C=O) groups is 1. The van der Waals surface area contributed by atoms with Crippen molar-refractivity contribution in [2.24, 2.45) is 5.92 Å². The molecule has 1 unspecified atom stereocenters.